The lowest BCUT2D eigenvalue weighted by atomic mass is 10.2. The number of aromatic nitrogens is 2. The second-order valence-corrected chi connectivity index (χ2v) is 4.85. The zero-order chi connectivity index (χ0) is 12.7. The molecule has 0 atom stereocenters. The van der Waals surface area contributed by atoms with Gasteiger partial charge in [0.25, 0.3) is 0 Å². The summed E-state index contributed by atoms with van der Waals surface area (Å²) in [6, 6.07) is 1.87. The van der Waals surface area contributed by atoms with E-state index in [4.69, 9.17) is 0 Å². The zero-order valence-electron chi connectivity index (χ0n) is 11.1. The van der Waals surface area contributed by atoms with Gasteiger partial charge in [0.1, 0.15) is 0 Å². The van der Waals surface area contributed by atoms with Crippen molar-refractivity contribution in [2.45, 2.75) is 40.2 Å². The summed E-state index contributed by atoms with van der Waals surface area (Å²) in [5.41, 5.74) is 0.644. The van der Waals surface area contributed by atoms with Gasteiger partial charge in [0.05, 0.1) is 0 Å². The fraction of sp³-hybridized carbons (Fsp3) is 0.692. The Morgan fingerprint density at radius 1 is 1.41 bits per heavy atom. The summed E-state index contributed by atoms with van der Waals surface area (Å²) < 4.78 is 1.68. The molecule has 0 amide bonds. The molecule has 0 aliphatic heterocycles. The Bertz CT molecular complexity index is 384. The summed E-state index contributed by atoms with van der Waals surface area (Å²) in [6.07, 6.45) is 3.93. The molecule has 0 unspecified atom stereocenters. The van der Waals surface area contributed by atoms with Gasteiger partial charge in [0, 0.05) is 18.4 Å². The molecule has 0 aromatic carbocycles. The topological polar surface area (TPSA) is 46.9 Å². The summed E-state index contributed by atoms with van der Waals surface area (Å²) in [6.45, 7) is 9.07. The van der Waals surface area contributed by atoms with E-state index in [9.17, 15) is 4.79 Å². The Balaban J connectivity index is 2.20. The van der Waals surface area contributed by atoms with Crippen molar-refractivity contribution in [2.75, 3.05) is 13.1 Å². The van der Waals surface area contributed by atoms with Gasteiger partial charge in [0.15, 0.2) is 0 Å². The summed E-state index contributed by atoms with van der Waals surface area (Å²) >= 11 is 0. The molecule has 1 rings (SSSR count). The van der Waals surface area contributed by atoms with Crippen molar-refractivity contribution < 1.29 is 0 Å². The molecule has 1 aromatic rings. The summed E-state index contributed by atoms with van der Waals surface area (Å²) in [5.74, 6) is 0.693. The van der Waals surface area contributed by atoms with Gasteiger partial charge >= 0.3 is 5.69 Å². The first-order valence-electron chi connectivity index (χ1n) is 6.34. The van der Waals surface area contributed by atoms with Crippen LogP contribution in [0, 0.1) is 12.8 Å². The number of unbranched alkanes of at least 4 members (excludes halogenated alkanes) is 1. The van der Waals surface area contributed by atoms with E-state index in [-0.39, 0.29) is 5.69 Å². The molecule has 1 N–H and O–H groups in total. The average molecular weight is 237 g/mol. The van der Waals surface area contributed by atoms with Crippen LogP contribution < -0.4 is 11.0 Å². The van der Waals surface area contributed by atoms with Gasteiger partial charge in [-0.1, -0.05) is 13.8 Å². The van der Waals surface area contributed by atoms with E-state index in [0.717, 1.165) is 38.2 Å². The van der Waals surface area contributed by atoms with Gasteiger partial charge in [0.2, 0.25) is 0 Å². The van der Waals surface area contributed by atoms with Gasteiger partial charge in [-0.25, -0.2) is 4.79 Å². The highest BCUT2D eigenvalue weighted by Gasteiger charge is 1.97. The van der Waals surface area contributed by atoms with Crippen LogP contribution in [0.1, 0.15) is 32.4 Å². The maximum absolute atomic E-state index is 11.5. The van der Waals surface area contributed by atoms with E-state index in [1.807, 2.05) is 19.2 Å². The predicted molar refractivity (Wildman–Crippen MR) is 70.2 cm³/mol. The second-order valence-electron chi connectivity index (χ2n) is 4.85. The third-order valence-corrected chi connectivity index (χ3v) is 2.57. The van der Waals surface area contributed by atoms with Gasteiger partial charge < -0.3 is 5.32 Å². The van der Waals surface area contributed by atoms with Crippen LogP contribution >= 0.6 is 0 Å². The van der Waals surface area contributed by atoms with Crippen molar-refractivity contribution in [3.8, 4) is 0 Å². The third kappa shape index (κ3) is 5.63. The standard InChI is InChI=1S/C13H23N3O/c1-11(2)10-14-7-4-5-8-16-9-6-12(3)15-13(16)17/h6,9,11,14H,4-5,7-8,10H2,1-3H3. The first kappa shape index (κ1) is 13.9. The van der Waals surface area contributed by atoms with Crippen LogP contribution in [-0.2, 0) is 6.54 Å². The van der Waals surface area contributed by atoms with Crippen LogP contribution in [0.3, 0.4) is 0 Å². The molecule has 0 fully saturated rings. The molecule has 17 heavy (non-hydrogen) atoms. The van der Waals surface area contributed by atoms with E-state index in [0.29, 0.717) is 5.92 Å². The third-order valence-electron chi connectivity index (χ3n) is 2.57. The molecular weight excluding hydrogens is 214 g/mol. The lowest BCUT2D eigenvalue weighted by molar-refractivity contribution is 0.513. The number of aryl methyl sites for hydroxylation is 2. The minimum absolute atomic E-state index is 0.139. The summed E-state index contributed by atoms with van der Waals surface area (Å²) in [7, 11) is 0. The lowest BCUT2D eigenvalue weighted by Crippen LogP contribution is -2.24. The van der Waals surface area contributed by atoms with Crippen LogP contribution in [0.2, 0.25) is 0 Å². The summed E-state index contributed by atoms with van der Waals surface area (Å²) in [5, 5.41) is 3.39. The van der Waals surface area contributed by atoms with Crippen molar-refractivity contribution in [1.29, 1.82) is 0 Å². The number of hydrogen-bond acceptors (Lipinski definition) is 3. The quantitative estimate of drug-likeness (QED) is 0.732. The van der Waals surface area contributed by atoms with Crippen molar-refractivity contribution in [3.05, 3.63) is 28.4 Å². The molecule has 96 valence electrons. The minimum Gasteiger partial charge on any atom is -0.316 e. The largest absolute Gasteiger partial charge is 0.347 e. The van der Waals surface area contributed by atoms with Crippen molar-refractivity contribution in [1.82, 2.24) is 14.9 Å². The molecule has 1 heterocycles. The molecule has 0 bridgehead atoms. The maximum Gasteiger partial charge on any atom is 0.347 e. The Labute approximate surface area is 103 Å². The molecule has 0 radical (unpaired) electrons. The van der Waals surface area contributed by atoms with Crippen molar-refractivity contribution in [2.24, 2.45) is 5.92 Å². The normalized spacial score (nSPS) is 11.1. The lowest BCUT2D eigenvalue weighted by Gasteiger charge is -2.08. The Morgan fingerprint density at radius 3 is 2.82 bits per heavy atom. The summed E-state index contributed by atoms with van der Waals surface area (Å²) in [4.78, 5) is 15.4. The number of rotatable bonds is 7. The highest BCUT2D eigenvalue weighted by atomic mass is 16.1. The zero-order valence-corrected chi connectivity index (χ0v) is 11.1. The van der Waals surface area contributed by atoms with E-state index in [1.54, 1.807) is 4.57 Å². The van der Waals surface area contributed by atoms with Crippen LogP contribution in [0.15, 0.2) is 17.1 Å². The average Bonchev–Trinajstić information content (AvgIpc) is 2.25. The van der Waals surface area contributed by atoms with Gasteiger partial charge in [-0.15, -0.1) is 0 Å². The molecule has 4 nitrogen and oxygen atoms in total. The van der Waals surface area contributed by atoms with E-state index < -0.39 is 0 Å². The highest BCUT2D eigenvalue weighted by molar-refractivity contribution is 4.95. The Morgan fingerprint density at radius 2 is 2.18 bits per heavy atom. The maximum atomic E-state index is 11.5. The van der Waals surface area contributed by atoms with Gasteiger partial charge in [-0.2, -0.15) is 4.98 Å². The van der Waals surface area contributed by atoms with E-state index in [1.165, 1.54) is 0 Å². The molecular formula is C13H23N3O. The van der Waals surface area contributed by atoms with Gasteiger partial charge in [-0.05, 0) is 44.8 Å². The number of hydrogen-bond donors (Lipinski definition) is 1. The minimum atomic E-state index is -0.139. The monoisotopic (exact) mass is 237 g/mol. The van der Waals surface area contributed by atoms with Crippen LogP contribution in [0.5, 0.6) is 0 Å². The Kier molecular flexibility index (Phi) is 5.91. The van der Waals surface area contributed by atoms with E-state index >= 15 is 0 Å². The molecule has 0 aliphatic carbocycles. The molecule has 1 aromatic heterocycles. The molecule has 0 saturated carbocycles. The van der Waals surface area contributed by atoms with Crippen molar-refractivity contribution >= 4 is 0 Å². The molecule has 0 aliphatic rings. The first-order chi connectivity index (χ1) is 8.09. The first-order valence-corrected chi connectivity index (χ1v) is 6.34. The number of nitrogens with zero attached hydrogens (tertiary/aromatic N) is 2. The molecule has 4 heteroatoms. The fourth-order valence-corrected chi connectivity index (χ4v) is 1.61. The van der Waals surface area contributed by atoms with Gasteiger partial charge in [-0.3, -0.25) is 4.57 Å². The van der Waals surface area contributed by atoms with Crippen LogP contribution in [-0.4, -0.2) is 22.6 Å². The molecule has 0 spiro atoms. The molecule has 0 saturated heterocycles. The SMILES string of the molecule is Cc1ccn(CCCCNCC(C)C)c(=O)n1. The second kappa shape index (κ2) is 7.22. The smallest absolute Gasteiger partial charge is 0.316 e. The number of nitrogens with one attached hydrogen (secondary N) is 1. The Hall–Kier alpha value is -1.16. The highest BCUT2D eigenvalue weighted by Crippen LogP contribution is 1.94. The van der Waals surface area contributed by atoms with E-state index in [2.05, 4.69) is 24.1 Å². The van der Waals surface area contributed by atoms with Crippen molar-refractivity contribution in [3.63, 3.8) is 0 Å². The fourth-order valence-electron chi connectivity index (χ4n) is 1.61. The van der Waals surface area contributed by atoms with Crippen LogP contribution in [0.25, 0.3) is 0 Å². The predicted octanol–water partition coefficient (Wildman–Crippen LogP) is 1.58. The van der Waals surface area contributed by atoms with Crippen LogP contribution in [0.4, 0.5) is 0 Å².